The Morgan fingerprint density at radius 1 is 0.913 bits per heavy atom. The van der Waals surface area contributed by atoms with E-state index in [1.165, 1.54) is 49.2 Å². The number of hydrogen-bond acceptors (Lipinski definition) is 3. The van der Waals surface area contributed by atoms with Gasteiger partial charge in [0, 0.05) is 18.8 Å². The molecule has 0 atom stereocenters. The van der Waals surface area contributed by atoms with Crippen LogP contribution in [0.2, 0.25) is 0 Å². The molecule has 3 nitrogen and oxygen atoms in total. The minimum absolute atomic E-state index is 1.02. The maximum atomic E-state index is 4.34. The summed E-state index contributed by atoms with van der Waals surface area (Å²) in [6.07, 6.45) is 5.85. The Morgan fingerprint density at radius 2 is 1.65 bits per heavy atom. The molecule has 1 fully saturated rings. The lowest BCUT2D eigenvalue weighted by molar-refractivity contribution is 0.578. The van der Waals surface area contributed by atoms with Gasteiger partial charge in [0.1, 0.15) is 0 Å². The quantitative estimate of drug-likeness (QED) is 0.652. The summed E-state index contributed by atoms with van der Waals surface area (Å²) >= 11 is 0. The van der Waals surface area contributed by atoms with Crippen molar-refractivity contribution < 1.29 is 0 Å². The fraction of sp³-hybridized carbons (Fsp3) is 0.350. The molecule has 2 aromatic rings. The molecule has 1 heterocycles. The first-order chi connectivity index (χ1) is 11.2. The smallest absolute Gasteiger partial charge is 0.0564 e. The molecule has 1 N–H and O–H groups in total. The molecule has 3 rings (SSSR count). The van der Waals surface area contributed by atoms with E-state index >= 15 is 0 Å². The Bertz CT molecular complexity index is 668. The van der Waals surface area contributed by atoms with Gasteiger partial charge in [0.2, 0.25) is 0 Å². The van der Waals surface area contributed by atoms with Gasteiger partial charge in [-0.05, 0) is 74.1 Å². The first kappa shape index (κ1) is 15.6. The van der Waals surface area contributed by atoms with Gasteiger partial charge < -0.3 is 4.90 Å². The molecule has 23 heavy (non-hydrogen) atoms. The highest BCUT2D eigenvalue weighted by molar-refractivity contribution is 5.81. The first-order valence-corrected chi connectivity index (χ1v) is 8.44. The molecule has 0 saturated carbocycles. The molecule has 3 heteroatoms. The van der Waals surface area contributed by atoms with Crippen molar-refractivity contribution in [3.8, 4) is 0 Å². The molecular weight excluding hydrogens is 282 g/mol. The van der Waals surface area contributed by atoms with Crippen LogP contribution in [-0.2, 0) is 0 Å². The molecule has 1 aliphatic heterocycles. The van der Waals surface area contributed by atoms with Gasteiger partial charge in [-0.25, -0.2) is 0 Å². The van der Waals surface area contributed by atoms with Gasteiger partial charge in [0.15, 0.2) is 0 Å². The molecule has 0 amide bonds. The van der Waals surface area contributed by atoms with Crippen LogP contribution in [0, 0.1) is 13.8 Å². The molecule has 0 aromatic heterocycles. The molecule has 120 valence electrons. The lowest BCUT2D eigenvalue weighted by atomic mass is 10.1. The fourth-order valence-corrected chi connectivity index (χ4v) is 2.92. The summed E-state index contributed by atoms with van der Waals surface area (Å²) < 4.78 is 0. The predicted molar refractivity (Wildman–Crippen MR) is 99.6 cm³/mol. The van der Waals surface area contributed by atoms with Gasteiger partial charge in [-0.1, -0.05) is 18.2 Å². The third kappa shape index (κ3) is 4.13. The highest BCUT2D eigenvalue weighted by Crippen LogP contribution is 2.20. The second-order valence-electron chi connectivity index (χ2n) is 6.31. The van der Waals surface area contributed by atoms with Crippen molar-refractivity contribution in [3.63, 3.8) is 0 Å². The molecule has 0 radical (unpaired) electrons. The van der Waals surface area contributed by atoms with Gasteiger partial charge in [-0.15, -0.1) is 0 Å². The topological polar surface area (TPSA) is 27.6 Å². The first-order valence-electron chi connectivity index (χ1n) is 8.44. The summed E-state index contributed by atoms with van der Waals surface area (Å²) in [7, 11) is 0. The molecule has 0 aliphatic carbocycles. The molecule has 0 unspecified atom stereocenters. The molecule has 0 bridgehead atoms. The summed E-state index contributed by atoms with van der Waals surface area (Å²) in [5, 5.41) is 4.34. The number of nitrogens with zero attached hydrogens (tertiary/aromatic N) is 2. The molecule has 1 aliphatic rings. The van der Waals surface area contributed by atoms with E-state index in [1.807, 2.05) is 6.21 Å². The number of anilines is 2. The van der Waals surface area contributed by atoms with Crippen LogP contribution in [0.3, 0.4) is 0 Å². The van der Waals surface area contributed by atoms with Crippen molar-refractivity contribution in [2.75, 3.05) is 23.4 Å². The Hall–Kier alpha value is -2.29. The average Bonchev–Trinajstić information content (AvgIpc) is 2.59. The van der Waals surface area contributed by atoms with E-state index in [4.69, 9.17) is 0 Å². The fourth-order valence-electron chi connectivity index (χ4n) is 2.92. The zero-order chi connectivity index (χ0) is 16.1. The number of aryl methyl sites for hydroxylation is 2. The summed E-state index contributed by atoms with van der Waals surface area (Å²) in [6, 6.07) is 14.9. The van der Waals surface area contributed by atoms with Crippen molar-refractivity contribution in [2.45, 2.75) is 33.1 Å². The van der Waals surface area contributed by atoms with Gasteiger partial charge in [-0.2, -0.15) is 5.10 Å². The maximum absolute atomic E-state index is 4.34. The number of hydrogen-bond donors (Lipinski definition) is 1. The Balaban J connectivity index is 1.60. The summed E-state index contributed by atoms with van der Waals surface area (Å²) in [4.78, 5) is 2.47. The normalized spacial score (nSPS) is 15.1. The molecule has 2 aromatic carbocycles. The summed E-state index contributed by atoms with van der Waals surface area (Å²) in [5.41, 5.74) is 9.13. The number of benzene rings is 2. The monoisotopic (exact) mass is 307 g/mol. The number of rotatable bonds is 4. The highest BCUT2D eigenvalue weighted by atomic mass is 15.3. The summed E-state index contributed by atoms with van der Waals surface area (Å²) in [6.45, 7) is 6.60. The van der Waals surface area contributed by atoms with Crippen molar-refractivity contribution in [2.24, 2.45) is 5.10 Å². The van der Waals surface area contributed by atoms with E-state index in [9.17, 15) is 0 Å². The zero-order valence-corrected chi connectivity index (χ0v) is 14.0. The van der Waals surface area contributed by atoms with Gasteiger partial charge in [0.25, 0.3) is 0 Å². The van der Waals surface area contributed by atoms with Crippen LogP contribution in [0.1, 0.15) is 36.0 Å². The van der Waals surface area contributed by atoms with Gasteiger partial charge >= 0.3 is 0 Å². The largest absolute Gasteiger partial charge is 0.372 e. The van der Waals surface area contributed by atoms with Crippen LogP contribution in [-0.4, -0.2) is 19.3 Å². The van der Waals surface area contributed by atoms with Gasteiger partial charge in [-0.3, -0.25) is 5.43 Å². The van der Waals surface area contributed by atoms with E-state index in [-0.39, 0.29) is 0 Å². The zero-order valence-electron chi connectivity index (χ0n) is 14.0. The minimum Gasteiger partial charge on any atom is -0.372 e. The third-order valence-corrected chi connectivity index (χ3v) is 4.53. The number of nitrogens with one attached hydrogen (secondary N) is 1. The lowest BCUT2D eigenvalue weighted by Gasteiger charge is -2.28. The molecular formula is C20H25N3. The third-order valence-electron chi connectivity index (χ3n) is 4.53. The van der Waals surface area contributed by atoms with Crippen LogP contribution in [0.5, 0.6) is 0 Å². The molecule has 1 saturated heterocycles. The van der Waals surface area contributed by atoms with Crippen LogP contribution < -0.4 is 10.3 Å². The summed E-state index contributed by atoms with van der Waals surface area (Å²) in [5.74, 6) is 0. The van der Waals surface area contributed by atoms with E-state index in [0.717, 1.165) is 11.3 Å². The van der Waals surface area contributed by atoms with Crippen molar-refractivity contribution in [3.05, 3.63) is 59.2 Å². The van der Waals surface area contributed by atoms with Gasteiger partial charge in [0.05, 0.1) is 11.9 Å². The maximum Gasteiger partial charge on any atom is 0.0564 e. The Morgan fingerprint density at radius 3 is 2.35 bits per heavy atom. The van der Waals surface area contributed by atoms with E-state index in [2.05, 4.69) is 71.7 Å². The lowest BCUT2D eigenvalue weighted by Crippen LogP contribution is -2.29. The SMILES string of the molecule is Cc1ccc(NN=Cc2ccc(N3CCCCC3)cc2)cc1C. The van der Waals surface area contributed by atoms with Crippen molar-refractivity contribution in [1.29, 1.82) is 0 Å². The van der Waals surface area contributed by atoms with Crippen LogP contribution >= 0.6 is 0 Å². The Labute approximate surface area is 139 Å². The standard InChI is InChI=1S/C20H25N3/c1-16-6-9-19(14-17(16)2)22-21-15-18-7-10-20(11-8-18)23-12-4-3-5-13-23/h6-11,14-15,22H,3-5,12-13H2,1-2H3. The van der Waals surface area contributed by atoms with Crippen LogP contribution in [0.25, 0.3) is 0 Å². The number of piperidine rings is 1. The average molecular weight is 307 g/mol. The number of hydrazone groups is 1. The second kappa shape index (κ2) is 7.32. The minimum atomic E-state index is 1.02. The van der Waals surface area contributed by atoms with E-state index in [1.54, 1.807) is 0 Å². The van der Waals surface area contributed by atoms with Crippen molar-refractivity contribution in [1.82, 2.24) is 0 Å². The second-order valence-corrected chi connectivity index (χ2v) is 6.31. The van der Waals surface area contributed by atoms with E-state index in [0.29, 0.717) is 0 Å². The van der Waals surface area contributed by atoms with Crippen LogP contribution in [0.4, 0.5) is 11.4 Å². The Kier molecular flexibility index (Phi) is 4.96. The van der Waals surface area contributed by atoms with Crippen molar-refractivity contribution >= 4 is 17.6 Å². The highest BCUT2D eigenvalue weighted by Gasteiger charge is 2.10. The van der Waals surface area contributed by atoms with Crippen LogP contribution in [0.15, 0.2) is 47.6 Å². The molecule has 0 spiro atoms. The predicted octanol–water partition coefficient (Wildman–Crippen LogP) is 4.74. The van der Waals surface area contributed by atoms with E-state index < -0.39 is 0 Å².